The van der Waals surface area contributed by atoms with Crippen LogP contribution in [-0.2, 0) is 4.74 Å². The molecule has 0 spiro atoms. The number of ether oxygens (including phenoxy) is 1. The first-order valence-corrected chi connectivity index (χ1v) is 7.83. The van der Waals surface area contributed by atoms with E-state index < -0.39 is 5.97 Å². The number of carbonyl (C=O) groups is 1. The molecule has 21 heavy (non-hydrogen) atoms. The Morgan fingerprint density at radius 1 is 1.38 bits per heavy atom. The van der Waals surface area contributed by atoms with E-state index in [4.69, 9.17) is 22.1 Å². The summed E-state index contributed by atoms with van der Waals surface area (Å²) in [5.74, 6) is -0.179. The first-order valence-electron chi connectivity index (χ1n) is 6.63. The molecule has 0 saturated heterocycles. The maximum atomic E-state index is 11.9. The fourth-order valence-electron chi connectivity index (χ4n) is 2.27. The van der Waals surface area contributed by atoms with Gasteiger partial charge in [-0.25, -0.2) is 4.79 Å². The van der Waals surface area contributed by atoms with Crippen LogP contribution in [0.25, 0.3) is 10.4 Å². The molecule has 3 nitrogen and oxygen atoms in total. The smallest absolute Gasteiger partial charge is 0.350 e. The van der Waals surface area contributed by atoms with Crippen LogP contribution in [0.5, 0.6) is 0 Å². The van der Waals surface area contributed by atoms with E-state index in [0.717, 1.165) is 26.6 Å². The van der Waals surface area contributed by atoms with Gasteiger partial charge in [0.2, 0.25) is 0 Å². The van der Waals surface area contributed by atoms with Gasteiger partial charge in [0.1, 0.15) is 4.88 Å². The van der Waals surface area contributed by atoms with Crippen LogP contribution < -0.4 is 5.73 Å². The molecule has 2 N–H and O–H groups in total. The van der Waals surface area contributed by atoms with Gasteiger partial charge in [-0.1, -0.05) is 31.5 Å². The van der Waals surface area contributed by atoms with Crippen molar-refractivity contribution in [2.24, 2.45) is 0 Å². The molecule has 0 radical (unpaired) electrons. The lowest BCUT2D eigenvalue weighted by Crippen LogP contribution is -2.03. The lowest BCUT2D eigenvalue weighted by Gasteiger charge is -2.10. The zero-order valence-corrected chi connectivity index (χ0v) is 14.1. The summed E-state index contributed by atoms with van der Waals surface area (Å²) >= 11 is 7.46. The molecule has 1 heterocycles. The van der Waals surface area contributed by atoms with Gasteiger partial charge >= 0.3 is 5.97 Å². The molecule has 0 aliphatic rings. The van der Waals surface area contributed by atoms with Crippen LogP contribution >= 0.6 is 22.9 Å². The predicted molar refractivity (Wildman–Crippen MR) is 89.3 cm³/mol. The number of hydrogen-bond donors (Lipinski definition) is 1. The summed E-state index contributed by atoms with van der Waals surface area (Å²) in [7, 11) is 1.36. The Labute approximate surface area is 133 Å². The van der Waals surface area contributed by atoms with Crippen LogP contribution in [0.2, 0.25) is 5.02 Å². The van der Waals surface area contributed by atoms with Gasteiger partial charge in [-0.15, -0.1) is 11.3 Å². The van der Waals surface area contributed by atoms with E-state index in [2.05, 4.69) is 13.8 Å². The number of nitrogen functional groups attached to an aromatic ring is 1. The number of esters is 1. The average Bonchev–Trinajstić information content (AvgIpc) is 2.78. The van der Waals surface area contributed by atoms with Crippen molar-refractivity contribution in [1.82, 2.24) is 0 Å². The lowest BCUT2D eigenvalue weighted by atomic mass is 9.97. The van der Waals surface area contributed by atoms with Crippen molar-refractivity contribution in [1.29, 1.82) is 0 Å². The summed E-state index contributed by atoms with van der Waals surface area (Å²) < 4.78 is 4.81. The quantitative estimate of drug-likeness (QED) is 0.820. The van der Waals surface area contributed by atoms with Crippen molar-refractivity contribution in [2.75, 3.05) is 12.8 Å². The number of thiophene rings is 1. The number of hydrogen-bond acceptors (Lipinski definition) is 4. The monoisotopic (exact) mass is 323 g/mol. The van der Waals surface area contributed by atoms with Gasteiger partial charge in [-0.05, 0) is 41.7 Å². The van der Waals surface area contributed by atoms with Crippen LogP contribution in [0, 0.1) is 6.92 Å². The number of nitrogens with two attached hydrogens (primary N) is 1. The molecule has 2 rings (SSSR count). The highest BCUT2D eigenvalue weighted by Crippen LogP contribution is 2.43. The molecule has 0 fully saturated rings. The highest BCUT2D eigenvalue weighted by Gasteiger charge is 2.24. The maximum Gasteiger partial charge on any atom is 0.350 e. The average molecular weight is 324 g/mol. The van der Waals surface area contributed by atoms with Crippen molar-refractivity contribution in [2.45, 2.75) is 26.7 Å². The van der Waals surface area contributed by atoms with Crippen molar-refractivity contribution < 1.29 is 9.53 Å². The minimum Gasteiger partial charge on any atom is -0.465 e. The van der Waals surface area contributed by atoms with Gasteiger partial charge < -0.3 is 10.5 Å². The molecule has 2 aromatic rings. The number of halogens is 1. The molecule has 0 aliphatic heterocycles. The second-order valence-electron chi connectivity index (χ2n) is 5.20. The topological polar surface area (TPSA) is 52.3 Å². The molecule has 0 bridgehead atoms. The summed E-state index contributed by atoms with van der Waals surface area (Å²) in [6.07, 6.45) is 0. The van der Waals surface area contributed by atoms with E-state index in [0.29, 0.717) is 10.6 Å². The van der Waals surface area contributed by atoms with Gasteiger partial charge in [-0.3, -0.25) is 0 Å². The van der Waals surface area contributed by atoms with E-state index >= 15 is 0 Å². The lowest BCUT2D eigenvalue weighted by molar-refractivity contribution is 0.0607. The number of anilines is 1. The molecule has 112 valence electrons. The zero-order valence-electron chi connectivity index (χ0n) is 12.5. The standard InChI is InChI=1S/C16H18ClNO2S/c1-8(2)12-13(18)15(16(19)20-4)21-14(12)10-5-6-11(17)9(3)7-10/h5-8H,18H2,1-4H3. The number of carbonyl (C=O) groups excluding carboxylic acids is 1. The molecule has 5 heteroatoms. The highest BCUT2D eigenvalue weighted by atomic mass is 35.5. The molecular weight excluding hydrogens is 306 g/mol. The summed E-state index contributed by atoms with van der Waals surface area (Å²) in [6, 6.07) is 5.83. The van der Waals surface area contributed by atoms with Crippen molar-refractivity contribution in [3.8, 4) is 10.4 Å². The SMILES string of the molecule is COC(=O)c1sc(-c2ccc(Cl)c(C)c2)c(C(C)C)c1N. The highest BCUT2D eigenvalue weighted by molar-refractivity contribution is 7.18. The van der Waals surface area contributed by atoms with E-state index in [9.17, 15) is 4.79 Å². The number of benzene rings is 1. The third-order valence-corrected chi connectivity index (χ3v) is 5.03. The molecule has 1 aromatic carbocycles. The Kier molecular flexibility index (Phi) is 4.59. The summed E-state index contributed by atoms with van der Waals surface area (Å²) in [6.45, 7) is 6.08. The third kappa shape index (κ3) is 2.92. The Morgan fingerprint density at radius 2 is 2.05 bits per heavy atom. The Hall–Kier alpha value is -1.52. The Balaban J connectivity index is 2.67. The molecule has 0 atom stereocenters. The van der Waals surface area contributed by atoms with Gasteiger partial charge in [-0.2, -0.15) is 0 Å². The number of aryl methyl sites for hydroxylation is 1. The zero-order chi connectivity index (χ0) is 15.7. The molecular formula is C16H18ClNO2S. The summed E-state index contributed by atoms with van der Waals surface area (Å²) in [5.41, 5.74) is 9.69. The Bertz CT molecular complexity index is 692. The second-order valence-corrected chi connectivity index (χ2v) is 6.63. The molecule has 1 aromatic heterocycles. The fraction of sp³-hybridized carbons (Fsp3) is 0.312. The third-order valence-electron chi connectivity index (χ3n) is 3.35. The number of methoxy groups -OCH3 is 1. The van der Waals surface area contributed by atoms with Crippen LogP contribution in [0.3, 0.4) is 0 Å². The minimum absolute atomic E-state index is 0.214. The molecule has 0 unspecified atom stereocenters. The van der Waals surface area contributed by atoms with Gasteiger partial charge in [0.25, 0.3) is 0 Å². The van der Waals surface area contributed by atoms with Gasteiger partial charge in [0, 0.05) is 9.90 Å². The molecule has 0 saturated carbocycles. The van der Waals surface area contributed by atoms with E-state index in [1.54, 1.807) is 0 Å². The largest absolute Gasteiger partial charge is 0.465 e. The summed E-state index contributed by atoms with van der Waals surface area (Å²) in [5, 5.41) is 0.725. The van der Waals surface area contributed by atoms with Crippen LogP contribution in [-0.4, -0.2) is 13.1 Å². The Morgan fingerprint density at radius 3 is 2.57 bits per heavy atom. The van der Waals surface area contributed by atoms with Crippen molar-refractivity contribution >= 4 is 34.6 Å². The fourth-order valence-corrected chi connectivity index (χ4v) is 3.68. The summed E-state index contributed by atoms with van der Waals surface area (Å²) in [4.78, 5) is 13.3. The first-order chi connectivity index (χ1) is 9.86. The van der Waals surface area contributed by atoms with Crippen LogP contribution in [0.4, 0.5) is 5.69 Å². The first kappa shape index (κ1) is 15.9. The normalized spacial score (nSPS) is 11.0. The predicted octanol–water partition coefficient (Wildman–Crippen LogP) is 4.87. The van der Waals surface area contributed by atoms with Crippen molar-refractivity contribution in [3.63, 3.8) is 0 Å². The minimum atomic E-state index is -0.392. The van der Waals surface area contributed by atoms with Crippen LogP contribution in [0.15, 0.2) is 18.2 Å². The maximum absolute atomic E-state index is 11.9. The molecule has 0 aliphatic carbocycles. The van der Waals surface area contributed by atoms with E-state index in [1.165, 1.54) is 18.4 Å². The van der Waals surface area contributed by atoms with E-state index in [-0.39, 0.29) is 5.92 Å². The van der Waals surface area contributed by atoms with E-state index in [1.807, 2.05) is 25.1 Å². The van der Waals surface area contributed by atoms with Crippen LogP contribution in [0.1, 0.15) is 40.6 Å². The van der Waals surface area contributed by atoms with Gasteiger partial charge in [0.05, 0.1) is 12.8 Å². The van der Waals surface area contributed by atoms with Crippen molar-refractivity contribution in [3.05, 3.63) is 39.2 Å². The molecule has 0 amide bonds. The number of rotatable bonds is 3. The van der Waals surface area contributed by atoms with Gasteiger partial charge in [0.15, 0.2) is 0 Å². The second kappa shape index (κ2) is 6.08.